The lowest BCUT2D eigenvalue weighted by molar-refractivity contribution is -0.135. The second-order valence-corrected chi connectivity index (χ2v) is 7.31. The van der Waals surface area contributed by atoms with Crippen molar-refractivity contribution >= 4 is 17.7 Å². The van der Waals surface area contributed by atoms with E-state index in [0.29, 0.717) is 12.5 Å². The second kappa shape index (κ2) is 6.46. The zero-order valence-electron chi connectivity index (χ0n) is 12.9. The molecule has 3 rings (SSSR count). The second-order valence-electron chi connectivity index (χ2n) is 6.33. The van der Waals surface area contributed by atoms with Crippen molar-refractivity contribution in [2.45, 2.75) is 31.3 Å². The van der Waals surface area contributed by atoms with Crippen LogP contribution in [0.2, 0.25) is 0 Å². The number of hydrogen-bond donors (Lipinski definition) is 1. The van der Waals surface area contributed by atoms with E-state index in [4.69, 9.17) is 5.73 Å². The number of piperidine rings is 1. The minimum atomic E-state index is -0.399. The van der Waals surface area contributed by atoms with E-state index in [2.05, 4.69) is 0 Å². The number of nitrogens with two attached hydrogens (primary N) is 1. The Morgan fingerprint density at radius 3 is 3.00 bits per heavy atom. The summed E-state index contributed by atoms with van der Waals surface area (Å²) in [7, 11) is 0. The summed E-state index contributed by atoms with van der Waals surface area (Å²) in [5.41, 5.74) is 7.18. The number of pyridine rings is 1. The maximum Gasteiger partial charge on any atom is 0.250 e. The molecule has 2 aliphatic heterocycles. The van der Waals surface area contributed by atoms with Gasteiger partial charge in [-0.15, -0.1) is 0 Å². The summed E-state index contributed by atoms with van der Waals surface area (Å²) in [4.78, 5) is 26.5. The molecule has 2 bridgehead atoms. The minimum Gasteiger partial charge on any atom is -0.340 e. The fourth-order valence-corrected chi connectivity index (χ4v) is 4.17. The highest BCUT2D eigenvalue weighted by molar-refractivity contribution is 7.98. The largest absolute Gasteiger partial charge is 0.340 e. The summed E-state index contributed by atoms with van der Waals surface area (Å²) in [6.07, 6.45) is 3.81. The molecule has 1 saturated heterocycles. The van der Waals surface area contributed by atoms with Gasteiger partial charge in [-0.1, -0.05) is 6.07 Å². The number of rotatable bonds is 4. The summed E-state index contributed by atoms with van der Waals surface area (Å²) < 4.78 is 1.88. The van der Waals surface area contributed by atoms with Crippen molar-refractivity contribution in [1.82, 2.24) is 9.47 Å². The number of carbonyl (C=O) groups is 1. The van der Waals surface area contributed by atoms with Crippen LogP contribution in [0.5, 0.6) is 0 Å². The normalized spacial score (nSPS) is 24.7. The lowest BCUT2D eigenvalue weighted by Crippen LogP contribution is -2.53. The summed E-state index contributed by atoms with van der Waals surface area (Å²) >= 11 is 1.71. The lowest BCUT2D eigenvalue weighted by atomic mass is 9.83. The maximum atomic E-state index is 12.5. The van der Waals surface area contributed by atoms with Gasteiger partial charge in [-0.2, -0.15) is 11.8 Å². The van der Waals surface area contributed by atoms with Crippen molar-refractivity contribution < 1.29 is 4.79 Å². The third-order valence-electron chi connectivity index (χ3n) is 4.74. The molecule has 6 heteroatoms. The number of carbonyl (C=O) groups excluding carboxylic acids is 1. The van der Waals surface area contributed by atoms with Crippen LogP contribution in [0, 0.1) is 5.92 Å². The van der Waals surface area contributed by atoms with Crippen LogP contribution in [0.25, 0.3) is 0 Å². The molecule has 3 heterocycles. The molecule has 1 fully saturated rings. The lowest BCUT2D eigenvalue weighted by Gasteiger charge is -2.43. The van der Waals surface area contributed by atoms with Gasteiger partial charge in [0.05, 0.1) is 6.04 Å². The number of fused-ring (bicyclic) bond motifs is 4. The molecule has 0 aliphatic carbocycles. The molecule has 3 atom stereocenters. The van der Waals surface area contributed by atoms with Gasteiger partial charge in [-0.05, 0) is 36.8 Å². The van der Waals surface area contributed by atoms with E-state index in [9.17, 15) is 9.59 Å². The monoisotopic (exact) mass is 321 g/mol. The molecule has 1 aromatic heterocycles. The van der Waals surface area contributed by atoms with Crippen molar-refractivity contribution in [1.29, 1.82) is 0 Å². The Kier molecular flexibility index (Phi) is 4.59. The number of likely N-dealkylation sites (tertiary alicyclic amines) is 1. The van der Waals surface area contributed by atoms with Crippen LogP contribution < -0.4 is 11.3 Å². The number of aromatic nitrogens is 1. The standard InChI is InChI=1S/C16H23N3O2S/c1-22-6-5-13(17)16(21)18-8-11-7-12(10-18)14-3-2-4-15(20)19(14)9-11/h2-4,11-13H,5-10,17H2,1H3/t11-,12+,13-/m1/s1. The summed E-state index contributed by atoms with van der Waals surface area (Å²) in [6.45, 7) is 2.13. The Morgan fingerprint density at radius 2 is 2.23 bits per heavy atom. The molecule has 0 unspecified atom stereocenters. The molecule has 120 valence electrons. The predicted octanol–water partition coefficient (Wildman–Crippen LogP) is 0.874. The Hall–Kier alpha value is -1.27. The van der Waals surface area contributed by atoms with Gasteiger partial charge in [-0.25, -0.2) is 0 Å². The summed E-state index contributed by atoms with van der Waals surface area (Å²) in [5.74, 6) is 1.60. The Bertz CT molecular complexity index is 616. The molecule has 5 nitrogen and oxygen atoms in total. The van der Waals surface area contributed by atoms with Gasteiger partial charge in [0.25, 0.3) is 5.56 Å². The van der Waals surface area contributed by atoms with Gasteiger partial charge in [0.1, 0.15) is 0 Å². The van der Waals surface area contributed by atoms with E-state index in [0.717, 1.165) is 37.4 Å². The van der Waals surface area contributed by atoms with E-state index in [1.54, 1.807) is 17.8 Å². The molecular weight excluding hydrogens is 298 g/mol. The quantitative estimate of drug-likeness (QED) is 0.894. The fourth-order valence-electron chi connectivity index (χ4n) is 3.68. The molecule has 0 radical (unpaired) electrons. The van der Waals surface area contributed by atoms with Crippen LogP contribution in [-0.2, 0) is 11.3 Å². The first-order chi connectivity index (χ1) is 10.6. The van der Waals surface area contributed by atoms with Crippen LogP contribution in [0.1, 0.15) is 24.5 Å². The molecule has 2 aliphatic rings. The topological polar surface area (TPSA) is 68.3 Å². The zero-order valence-corrected chi connectivity index (χ0v) is 13.7. The number of amides is 1. The number of nitrogens with zero attached hydrogens (tertiary/aromatic N) is 2. The molecule has 1 aromatic rings. The van der Waals surface area contributed by atoms with Crippen molar-refractivity contribution in [3.05, 3.63) is 34.2 Å². The summed E-state index contributed by atoms with van der Waals surface area (Å²) in [6, 6.07) is 5.05. The van der Waals surface area contributed by atoms with Crippen LogP contribution in [0.4, 0.5) is 0 Å². The van der Waals surface area contributed by atoms with Gasteiger partial charge in [0.2, 0.25) is 5.91 Å². The van der Waals surface area contributed by atoms with Crippen LogP contribution in [0.15, 0.2) is 23.0 Å². The Labute approximate surface area is 134 Å². The third kappa shape index (κ3) is 2.94. The van der Waals surface area contributed by atoms with Gasteiger partial charge >= 0.3 is 0 Å². The average molecular weight is 321 g/mol. The first-order valence-corrected chi connectivity index (χ1v) is 9.22. The van der Waals surface area contributed by atoms with E-state index < -0.39 is 6.04 Å². The fraction of sp³-hybridized carbons (Fsp3) is 0.625. The van der Waals surface area contributed by atoms with Crippen molar-refractivity contribution in [3.8, 4) is 0 Å². The smallest absolute Gasteiger partial charge is 0.250 e. The van der Waals surface area contributed by atoms with Gasteiger partial charge in [0.15, 0.2) is 0 Å². The van der Waals surface area contributed by atoms with E-state index in [1.165, 1.54) is 0 Å². The maximum absolute atomic E-state index is 12.5. The molecule has 0 aromatic carbocycles. The molecule has 0 saturated carbocycles. The molecule has 0 spiro atoms. The van der Waals surface area contributed by atoms with Crippen LogP contribution in [0.3, 0.4) is 0 Å². The van der Waals surface area contributed by atoms with Crippen LogP contribution >= 0.6 is 11.8 Å². The SMILES string of the molecule is CSCC[C@@H](N)C(=O)N1C[C@H]2C[C@@H](C1)c1cccc(=O)n1C2. The third-order valence-corrected chi connectivity index (χ3v) is 5.39. The van der Waals surface area contributed by atoms with E-state index in [-0.39, 0.29) is 17.4 Å². The Morgan fingerprint density at radius 1 is 1.41 bits per heavy atom. The van der Waals surface area contributed by atoms with Crippen LogP contribution in [-0.4, -0.2) is 46.5 Å². The first kappa shape index (κ1) is 15.6. The molecule has 2 N–H and O–H groups in total. The summed E-state index contributed by atoms with van der Waals surface area (Å²) in [5, 5.41) is 0. The van der Waals surface area contributed by atoms with E-state index >= 15 is 0 Å². The molecule has 22 heavy (non-hydrogen) atoms. The average Bonchev–Trinajstić information content (AvgIpc) is 2.52. The Balaban J connectivity index is 1.76. The predicted molar refractivity (Wildman–Crippen MR) is 89.1 cm³/mol. The highest BCUT2D eigenvalue weighted by Crippen LogP contribution is 2.35. The molecule has 1 amide bonds. The minimum absolute atomic E-state index is 0.0653. The highest BCUT2D eigenvalue weighted by Gasteiger charge is 2.37. The van der Waals surface area contributed by atoms with Crippen molar-refractivity contribution in [3.63, 3.8) is 0 Å². The van der Waals surface area contributed by atoms with Gasteiger partial charge < -0.3 is 15.2 Å². The molecular formula is C16H23N3O2S. The highest BCUT2D eigenvalue weighted by atomic mass is 32.2. The van der Waals surface area contributed by atoms with E-state index in [1.807, 2.05) is 27.9 Å². The number of thioether (sulfide) groups is 1. The van der Waals surface area contributed by atoms with Gasteiger partial charge in [-0.3, -0.25) is 9.59 Å². The number of hydrogen-bond acceptors (Lipinski definition) is 4. The van der Waals surface area contributed by atoms with Crippen molar-refractivity contribution in [2.75, 3.05) is 25.1 Å². The first-order valence-electron chi connectivity index (χ1n) is 7.83. The van der Waals surface area contributed by atoms with Crippen molar-refractivity contribution in [2.24, 2.45) is 11.7 Å². The van der Waals surface area contributed by atoms with Gasteiger partial charge in [0, 0.05) is 37.3 Å². The zero-order chi connectivity index (χ0) is 15.7.